The van der Waals surface area contributed by atoms with Crippen molar-refractivity contribution in [3.8, 4) is 0 Å². The van der Waals surface area contributed by atoms with E-state index in [-0.39, 0.29) is 47.7 Å². The standard InChI is InChI=1S/C66H104O8/c1-9-11-13-15-17-19-21-22-24-26-28-30-32-41-65-54(45-51(5)36-33-35-50(3)4)46-53(47-58(65)59(68)48-60(73-8)63(65)71)56-40-43-66(62(56)70)57(55(52(6)49-67)39-42-64(66,7)72)37-34-44-74-61(69)38-31-29-27-25-23-20-18-16-14-12-10-2/h15-18,35,45-46,48-49,54,56-58,62,70,72H,9-14,19-34,36-44,47H2,1-8H3. The summed E-state index contributed by atoms with van der Waals surface area (Å²) >= 11 is 0. The fraction of sp³-hybridized carbons (Fsp3) is 0.727. The highest BCUT2D eigenvalue weighted by molar-refractivity contribution is 6.12. The van der Waals surface area contributed by atoms with Gasteiger partial charge in [-0.2, -0.15) is 0 Å². The SMILES string of the molecule is CCCCC=CCCCCCCCCCC12C(=O)C(OC)=CC(=O)C1CC(C1CCC3(C(CCCOC(=O)CCCCCCCC=CCCCC)C(=C(C)C=O)CCC3(C)O)C1O)=CC2C=C(C)CCC=C(C)C. The first kappa shape index (κ1) is 62.9. The summed E-state index contributed by atoms with van der Waals surface area (Å²) in [4.78, 5) is 55.1. The second-order valence-corrected chi connectivity index (χ2v) is 23.5. The lowest BCUT2D eigenvalue weighted by atomic mass is 9.51. The molecule has 74 heavy (non-hydrogen) atoms. The van der Waals surface area contributed by atoms with Crippen molar-refractivity contribution in [1.82, 2.24) is 0 Å². The molecule has 2 fully saturated rings. The van der Waals surface area contributed by atoms with Crippen LogP contribution in [0.1, 0.15) is 248 Å². The fourth-order valence-electron chi connectivity index (χ4n) is 13.5. The lowest BCUT2D eigenvalue weighted by molar-refractivity contribution is -0.168. The number of carbonyl (C=O) groups is 4. The van der Waals surface area contributed by atoms with E-state index in [0.717, 1.165) is 100 Å². The number of carbonyl (C=O) groups excluding carboxylic acids is 4. The number of Topliss-reactive ketones (excluding diaryl/α,β-unsaturated/α-hetero) is 1. The minimum absolute atomic E-state index is 0.0938. The van der Waals surface area contributed by atoms with Gasteiger partial charge in [0.05, 0.1) is 30.8 Å². The van der Waals surface area contributed by atoms with Gasteiger partial charge in [-0.05, 0) is 155 Å². The number of fused-ring (bicyclic) bond motifs is 1. The molecule has 0 aromatic heterocycles. The van der Waals surface area contributed by atoms with E-state index >= 15 is 4.79 Å². The van der Waals surface area contributed by atoms with Crippen LogP contribution < -0.4 is 0 Å². The Labute approximate surface area is 450 Å². The van der Waals surface area contributed by atoms with Crippen LogP contribution in [-0.2, 0) is 28.7 Å². The molecule has 0 aromatic rings. The first-order valence-electron chi connectivity index (χ1n) is 30.0. The van der Waals surface area contributed by atoms with Crippen molar-refractivity contribution in [1.29, 1.82) is 0 Å². The molecule has 8 heteroatoms. The third-order valence-corrected chi connectivity index (χ3v) is 17.8. The number of methoxy groups -OCH3 is 1. The Kier molecular flexibility index (Phi) is 27.9. The molecule has 0 aliphatic heterocycles. The number of aliphatic hydroxyl groups is 2. The maximum Gasteiger partial charge on any atom is 0.305 e. The topological polar surface area (TPSA) is 127 Å². The fourth-order valence-corrected chi connectivity index (χ4v) is 13.5. The molecule has 8 atom stereocenters. The van der Waals surface area contributed by atoms with E-state index in [1.54, 1.807) is 0 Å². The van der Waals surface area contributed by atoms with Crippen LogP contribution in [0.15, 0.2) is 82.2 Å². The third kappa shape index (κ3) is 17.5. The van der Waals surface area contributed by atoms with Crippen molar-refractivity contribution in [2.45, 2.75) is 259 Å². The second-order valence-electron chi connectivity index (χ2n) is 23.5. The number of rotatable bonds is 35. The zero-order valence-electron chi connectivity index (χ0n) is 48.1. The minimum Gasteiger partial charge on any atom is -0.493 e. The lowest BCUT2D eigenvalue weighted by Crippen LogP contribution is -2.59. The van der Waals surface area contributed by atoms with Crippen LogP contribution in [0.3, 0.4) is 0 Å². The van der Waals surface area contributed by atoms with Gasteiger partial charge in [-0.3, -0.25) is 19.2 Å². The number of unbranched alkanes of at least 4 members (excludes halogenated alkanes) is 16. The molecule has 0 bridgehead atoms. The molecular formula is C66H104O8. The molecular weight excluding hydrogens is 921 g/mol. The molecule has 416 valence electrons. The van der Waals surface area contributed by atoms with Gasteiger partial charge in [-0.25, -0.2) is 0 Å². The molecule has 8 nitrogen and oxygen atoms in total. The highest BCUT2D eigenvalue weighted by atomic mass is 16.5. The first-order valence-corrected chi connectivity index (χ1v) is 30.0. The number of hydrogen-bond donors (Lipinski definition) is 2. The summed E-state index contributed by atoms with van der Waals surface area (Å²) < 4.78 is 11.5. The van der Waals surface area contributed by atoms with E-state index in [1.807, 2.05) is 13.8 Å². The lowest BCUT2D eigenvalue weighted by Gasteiger charge is -2.56. The van der Waals surface area contributed by atoms with Gasteiger partial charge < -0.3 is 19.7 Å². The minimum atomic E-state index is -1.25. The Morgan fingerprint density at radius 3 is 1.96 bits per heavy atom. The van der Waals surface area contributed by atoms with Crippen LogP contribution in [-0.4, -0.2) is 59.5 Å². The van der Waals surface area contributed by atoms with Crippen molar-refractivity contribution < 1.29 is 38.9 Å². The molecule has 0 amide bonds. The molecule has 0 aromatic carbocycles. The Morgan fingerprint density at radius 2 is 1.36 bits per heavy atom. The molecule has 0 saturated heterocycles. The van der Waals surface area contributed by atoms with Crippen molar-refractivity contribution in [3.63, 3.8) is 0 Å². The van der Waals surface area contributed by atoms with Crippen LogP contribution in [0.2, 0.25) is 0 Å². The molecule has 1 spiro atoms. The van der Waals surface area contributed by atoms with Crippen LogP contribution >= 0.6 is 0 Å². The van der Waals surface area contributed by atoms with E-state index in [1.165, 1.54) is 83.0 Å². The van der Waals surface area contributed by atoms with Gasteiger partial charge in [0.15, 0.2) is 11.5 Å². The summed E-state index contributed by atoms with van der Waals surface area (Å²) in [6.07, 6.45) is 46.1. The highest BCUT2D eigenvalue weighted by Gasteiger charge is 2.65. The predicted molar refractivity (Wildman–Crippen MR) is 304 cm³/mol. The Hall–Kier alpha value is -3.62. The number of esters is 1. The Bertz CT molecular complexity index is 1990. The van der Waals surface area contributed by atoms with Crippen LogP contribution in [0, 0.1) is 34.5 Å². The van der Waals surface area contributed by atoms with Gasteiger partial charge in [-0.1, -0.05) is 162 Å². The largest absolute Gasteiger partial charge is 0.493 e. The number of aldehydes is 1. The van der Waals surface area contributed by atoms with E-state index in [2.05, 4.69) is 77.2 Å². The van der Waals surface area contributed by atoms with Crippen molar-refractivity contribution in [2.75, 3.05) is 13.7 Å². The van der Waals surface area contributed by atoms with Crippen LogP contribution in [0.25, 0.3) is 0 Å². The normalized spacial score (nSPS) is 27.9. The van der Waals surface area contributed by atoms with E-state index < -0.39 is 28.5 Å². The third-order valence-electron chi connectivity index (χ3n) is 17.8. The average Bonchev–Trinajstić information content (AvgIpc) is 3.72. The molecule has 2 N–H and O–H groups in total. The molecule has 8 unspecified atom stereocenters. The van der Waals surface area contributed by atoms with Gasteiger partial charge in [-0.15, -0.1) is 0 Å². The molecule has 0 heterocycles. The molecule has 4 aliphatic carbocycles. The van der Waals surface area contributed by atoms with Gasteiger partial charge >= 0.3 is 5.97 Å². The summed E-state index contributed by atoms with van der Waals surface area (Å²) in [5, 5.41) is 25.7. The summed E-state index contributed by atoms with van der Waals surface area (Å²) in [6, 6.07) is 0. The average molecular weight is 1030 g/mol. The van der Waals surface area contributed by atoms with Gasteiger partial charge in [0.1, 0.15) is 6.29 Å². The predicted octanol–water partition coefficient (Wildman–Crippen LogP) is 16.4. The highest BCUT2D eigenvalue weighted by Crippen LogP contribution is 2.65. The summed E-state index contributed by atoms with van der Waals surface area (Å²) in [5.74, 6) is -1.92. The van der Waals surface area contributed by atoms with Crippen molar-refractivity contribution in [3.05, 3.63) is 82.2 Å². The van der Waals surface area contributed by atoms with Gasteiger partial charge in [0.2, 0.25) is 5.78 Å². The number of hydrogen-bond acceptors (Lipinski definition) is 8. The summed E-state index contributed by atoms with van der Waals surface area (Å²) in [6.45, 7) is 14.7. The molecule has 0 radical (unpaired) electrons. The number of aliphatic hydroxyl groups excluding tert-OH is 1. The number of allylic oxidation sites excluding steroid dienone is 13. The van der Waals surface area contributed by atoms with Crippen LogP contribution in [0.5, 0.6) is 0 Å². The Balaban J connectivity index is 1.55. The molecule has 2 saturated carbocycles. The van der Waals surface area contributed by atoms with E-state index in [4.69, 9.17) is 9.47 Å². The number of ketones is 2. The zero-order chi connectivity index (χ0) is 54.0. The van der Waals surface area contributed by atoms with Crippen LogP contribution in [0.4, 0.5) is 0 Å². The second kappa shape index (κ2) is 32.8. The summed E-state index contributed by atoms with van der Waals surface area (Å²) in [5.41, 5.74) is 1.76. The smallest absolute Gasteiger partial charge is 0.305 e. The van der Waals surface area contributed by atoms with E-state index in [0.29, 0.717) is 63.4 Å². The van der Waals surface area contributed by atoms with Crippen molar-refractivity contribution >= 4 is 23.8 Å². The van der Waals surface area contributed by atoms with Crippen molar-refractivity contribution in [2.24, 2.45) is 34.5 Å². The maximum atomic E-state index is 15.0. The molecule has 4 aliphatic rings. The molecule has 4 rings (SSSR count). The maximum absolute atomic E-state index is 15.0. The monoisotopic (exact) mass is 1020 g/mol. The van der Waals surface area contributed by atoms with E-state index in [9.17, 15) is 24.6 Å². The zero-order valence-corrected chi connectivity index (χ0v) is 48.1. The van der Waals surface area contributed by atoms with Gasteiger partial charge in [0, 0.05) is 35.7 Å². The summed E-state index contributed by atoms with van der Waals surface area (Å²) in [7, 11) is 1.49. The Morgan fingerprint density at radius 1 is 0.770 bits per heavy atom. The van der Waals surface area contributed by atoms with Gasteiger partial charge in [0.25, 0.3) is 0 Å². The first-order chi connectivity index (χ1) is 35.6. The number of ether oxygens (including phenoxy) is 2. The quantitative estimate of drug-likeness (QED) is 0.0211.